The largest absolute Gasteiger partial charge is 0.457 e. The summed E-state index contributed by atoms with van der Waals surface area (Å²) < 4.78 is 19.5. The maximum Gasteiger partial charge on any atom is 0.270 e. The second-order valence-electron chi connectivity index (χ2n) is 8.44. The number of benzene rings is 3. The first-order valence-corrected chi connectivity index (χ1v) is 11.7. The van der Waals surface area contributed by atoms with Gasteiger partial charge in [-0.25, -0.2) is 4.39 Å². The van der Waals surface area contributed by atoms with Crippen molar-refractivity contribution >= 4 is 46.6 Å². The summed E-state index contributed by atoms with van der Waals surface area (Å²) in [4.78, 5) is 30.0. The Bertz CT molecular complexity index is 1540. The molecule has 178 valence electrons. The highest BCUT2D eigenvalue weighted by Crippen LogP contribution is 2.31. The summed E-state index contributed by atoms with van der Waals surface area (Å²) in [5.41, 5.74) is 3.60. The molecule has 2 amide bonds. The van der Waals surface area contributed by atoms with Crippen molar-refractivity contribution in [2.75, 3.05) is 9.80 Å². The van der Waals surface area contributed by atoms with Gasteiger partial charge in [0.25, 0.3) is 11.8 Å². The van der Waals surface area contributed by atoms with Gasteiger partial charge < -0.3 is 4.42 Å². The molecule has 0 radical (unpaired) electrons. The Labute approximate surface area is 213 Å². The summed E-state index contributed by atoms with van der Waals surface area (Å²) in [5, 5.41) is 0.0662. The van der Waals surface area contributed by atoms with Crippen molar-refractivity contribution < 1.29 is 18.4 Å². The van der Waals surface area contributed by atoms with Gasteiger partial charge in [-0.2, -0.15) is 0 Å². The Balaban J connectivity index is 1.61. The topological polar surface area (TPSA) is 53.8 Å². The predicted octanol–water partition coefficient (Wildman–Crippen LogP) is 6.45. The van der Waals surface area contributed by atoms with Crippen LogP contribution in [0.25, 0.3) is 17.4 Å². The lowest BCUT2D eigenvalue weighted by atomic mass is 10.1. The zero-order valence-corrected chi connectivity index (χ0v) is 20.4. The van der Waals surface area contributed by atoms with Gasteiger partial charge in [-0.05, 0) is 91.8 Å². The molecule has 5 nitrogen and oxygen atoms in total. The van der Waals surface area contributed by atoms with Crippen molar-refractivity contribution in [3.63, 3.8) is 0 Å². The van der Waals surface area contributed by atoms with Gasteiger partial charge in [-0.3, -0.25) is 19.4 Å². The van der Waals surface area contributed by atoms with E-state index < -0.39 is 17.6 Å². The van der Waals surface area contributed by atoms with E-state index >= 15 is 0 Å². The summed E-state index contributed by atoms with van der Waals surface area (Å²) in [5.74, 6) is -0.799. The van der Waals surface area contributed by atoms with E-state index in [0.717, 1.165) is 11.1 Å². The van der Waals surface area contributed by atoms with Crippen LogP contribution in [0.3, 0.4) is 0 Å². The molecule has 0 atom stereocenters. The number of amides is 2. The molecule has 2 heterocycles. The molecule has 5 rings (SSSR count). The van der Waals surface area contributed by atoms with E-state index in [9.17, 15) is 14.0 Å². The van der Waals surface area contributed by atoms with Gasteiger partial charge in [-0.1, -0.05) is 36.4 Å². The SMILES string of the molecule is Cc1ccc(N2C(=O)/C(=C\c3ccc(-c4cccc(F)c4)o3)C(=O)N(c3ccccc3)C2=S)cc1C. The van der Waals surface area contributed by atoms with Crippen LogP contribution < -0.4 is 9.80 Å². The number of furan rings is 1. The molecule has 1 fully saturated rings. The molecule has 0 N–H and O–H groups in total. The van der Waals surface area contributed by atoms with Crippen LogP contribution >= 0.6 is 12.2 Å². The summed E-state index contributed by atoms with van der Waals surface area (Å²) in [6.45, 7) is 3.93. The number of thiocarbonyl (C=S) groups is 1. The third kappa shape index (κ3) is 4.25. The van der Waals surface area contributed by atoms with Gasteiger partial charge in [0.2, 0.25) is 0 Å². The predicted molar refractivity (Wildman–Crippen MR) is 142 cm³/mol. The third-order valence-electron chi connectivity index (χ3n) is 6.04. The average molecular weight is 497 g/mol. The minimum Gasteiger partial charge on any atom is -0.457 e. The van der Waals surface area contributed by atoms with E-state index in [1.165, 1.54) is 28.0 Å². The molecule has 7 heteroatoms. The van der Waals surface area contributed by atoms with Gasteiger partial charge in [0.15, 0.2) is 5.11 Å². The molecule has 4 aromatic rings. The van der Waals surface area contributed by atoms with Crippen LogP contribution in [0.4, 0.5) is 15.8 Å². The standard InChI is InChI=1S/C29H21FN2O3S/c1-18-11-12-23(15-19(18)2)32-28(34)25(27(33)31(29(32)36)22-9-4-3-5-10-22)17-24-13-14-26(35-24)20-7-6-8-21(30)16-20/h3-17H,1-2H3/b25-17-. The van der Waals surface area contributed by atoms with Gasteiger partial charge >= 0.3 is 0 Å². The molecule has 1 saturated heterocycles. The van der Waals surface area contributed by atoms with Crippen molar-refractivity contribution in [3.05, 3.63) is 113 Å². The molecule has 36 heavy (non-hydrogen) atoms. The van der Waals surface area contributed by atoms with E-state index in [1.807, 2.05) is 32.0 Å². The smallest absolute Gasteiger partial charge is 0.270 e. The quantitative estimate of drug-likeness (QED) is 0.185. The normalized spacial score (nSPS) is 15.2. The minimum atomic E-state index is -0.556. The second-order valence-corrected chi connectivity index (χ2v) is 8.80. The summed E-state index contributed by atoms with van der Waals surface area (Å²) in [6.07, 6.45) is 1.40. The molecular formula is C29H21FN2O3S. The molecular weight excluding hydrogens is 475 g/mol. The Morgan fingerprint density at radius 3 is 2.19 bits per heavy atom. The lowest BCUT2D eigenvalue weighted by Crippen LogP contribution is -2.57. The fraction of sp³-hybridized carbons (Fsp3) is 0.0690. The fourth-order valence-electron chi connectivity index (χ4n) is 4.00. The summed E-state index contributed by atoms with van der Waals surface area (Å²) in [7, 11) is 0. The average Bonchev–Trinajstić information content (AvgIpc) is 3.34. The summed E-state index contributed by atoms with van der Waals surface area (Å²) >= 11 is 5.66. The highest BCUT2D eigenvalue weighted by atomic mass is 32.1. The lowest BCUT2D eigenvalue weighted by molar-refractivity contribution is -0.120. The first kappa shape index (κ1) is 23.4. The number of carbonyl (C=O) groups excluding carboxylic acids is 2. The molecule has 0 unspecified atom stereocenters. The third-order valence-corrected chi connectivity index (χ3v) is 6.40. The van der Waals surface area contributed by atoms with E-state index in [-0.39, 0.29) is 16.4 Å². The number of halogens is 1. The molecule has 0 spiro atoms. The number of para-hydroxylation sites is 1. The molecule has 1 aliphatic rings. The van der Waals surface area contributed by atoms with E-state index in [4.69, 9.17) is 16.6 Å². The molecule has 0 saturated carbocycles. The van der Waals surface area contributed by atoms with Crippen molar-refractivity contribution in [3.8, 4) is 11.3 Å². The number of hydrogen-bond donors (Lipinski definition) is 0. The number of anilines is 2. The molecule has 1 aromatic heterocycles. The van der Waals surface area contributed by atoms with E-state index in [1.54, 1.807) is 54.6 Å². The van der Waals surface area contributed by atoms with Crippen LogP contribution in [0, 0.1) is 19.7 Å². The van der Waals surface area contributed by atoms with Gasteiger partial charge in [0, 0.05) is 5.56 Å². The molecule has 0 bridgehead atoms. The van der Waals surface area contributed by atoms with Crippen molar-refractivity contribution in [1.29, 1.82) is 0 Å². The monoisotopic (exact) mass is 496 g/mol. The zero-order chi connectivity index (χ0) is 25.4. The van der Waals surface area contributed by atoms with Gasteiger partial charge in [0.1, 0.15) is 22.9 Å². The highest BCUT2D eigenvalue weighted by molar-refractivity contribution is 7.81. The lowest BCUT2D eigenvalue weighted by Gasteiger charge is -2.36. The first-order chi connectivity index (χ1) is 17.3. The highest BCUT2D eigenvalue weighted by Gasteiger charge is 2.41. The summed E-state index contributed by atoms with van der Waals surface area (Å²) in [6, 6.07) is 23.8. The zero-order valence-electron chi connectivity index (χ0n) is 19.6. The van der Waals surface area contributed by atoms with Crippen molar-refractivity contribution in [2.24, 2.45) is 0 Å². The van der Waals surface area contributed by atoms with Crippen LogP contribution in [-0.2, 0) is 9.59 Å². The molecule has 1 aliphatic heterocycles. The van der Waals surface area contributed by atoms with E-state index in [0.29, 0.717) is 22.7 Å². The van der Waals surface area contributed by atoms with Crippen molar-refractivity contribution in [2.45, 2.75) is 13.8 Å². The first-order valence-electron chi connectivity index (χ1n) is 11.3. The Kier molecular flexibility index (Phi) is 6.08. The second kappa shape index (κ2) is 9.36. The number of aryl methyl sites for hydroxylation is 2. The van der Waals surface area contributed by atoms with Gasteiger partial charge in [-0.15, -0.1) is 0 Å². The van der Waals surface area contributed by atoms with Crippen LogP contribution in [0.15, 0.2) is 94.9 Å². The van der Waals surface area contributed by atoms with Crippen LogP contribution in [-0.4, -0.2) is 16.9 Å². The molecule has 3 aromatic carbocycles. The maximum atomic E-state index is 13.7. The van der Waals surface area contributed by atoms with Crippen LogP contribution in [0.1, 0.15) is 16.9 Å². The Morgan fingerprint density at radius 1 is 0.778 bits per heavy atom. The van der Waals surface area contributed by atoms with E-state index in [2.05, 4.69) is 0 Å². The number of nitrogens with zero attached hydrogens (tertiary/aromatic N) is 2. The Hall–Kier alpha value is -4.36. The molecule has 0 aliphatic carbocycles. The van der Waals surface area contributed by atoms with Crippen LogP contribution in [0.2, 0.25) is 0 Å². The number of hydrogen-bond acceptors (Lipinski definition) is 4. The van der Waals surface area contributed by atoms with Crippen molar-refractivity contribution in [1.82, 2.24) is 0 Å². The van der Waals surface area contributed by atoms with Crippen LogP contribution in [0.5, 0.6) is 0 Å². The maximum absolute atomic E-state index is 13.7. The fourth-order valence-corrected chi connectivity index (χ4v) is 4.37. The Morgan fingerprint density at radius 2 is 1.50 bits per heavy atom. The number of rotatable bonds is 4. The minimum absolute atomic E-state index is 0.0662. The van der Waals surface area contributed by atoms with Gasteiger partial charge in [0.05, 0.1) is 11.4 Å². The number of carbonyl (C=O) groups is 2.